The lowest BCUT2D eigenvalue weighted by atomic mass is 10.3. The normalized spacial score (nSPS) is 10.2. The molecule has 2 N–H and O–H groups in total. The molecule has 0 atom stereocenters. The Bertz CT molecular complexity index is 531. The number of aromatic nitrogens is 2. The van der Waals surface area contributed by atoms with Gasteiger partial charge >= 0.3 is 0 Å². The second kappa shape index (κ2) is 5.79. The highest BCUT2D eigenvalue weighted by Crippen LogP contribution is 2.31. The monoisotopic (exact) mass is 309 g/mol. The van der Waals surface area contributed by atoms with Crippen molar-refractivity contribution < 1.29 is 9.47 Å². The molecule has 1 aromatic heterocycles. The molecule has 0 fully saturated rings. The molecule has 0 unspecified atom stereocenters. The van der Waals surface area contributed by atoms with Gasteiger partial charge in [-0.15, -0.1) is 0 Å². The van der Waals surface area contributed by atoms with Crippen LogP contribution in [0.1, 0.15) is 5.69 Å². The quantitative estimate of drug-likeness (QED) is 0.939. The van der Waals surface area contributed by atoms with Crippen LogP contribution in [0.15, 0.2) is 35.1 Å². The summed E-state index contributed by atoms with van der Waals surface area (Å²) in [5, 5.41) is 0. The minimum absolute atomic E-state index is 0.361. The molecule has 0 aliphatic heterocycles. The van der Waals surface area contributed by atoms with Crippen molar-refractivity contribution in [1.82, 2.24) is 9.97 Å². The minimum Gasteiger partial charge on any atom is -0.497 e. The highest BCUT2D eigenvalue weighted by molar-refractivity contribution is 9.10. The summed E-state index contributed by atoms with van der Waals surface area (Å²) in [6.45, 7) is 0.361. The molecular formula is C12H12BrN3O2. The fourth-order valence-electron chi connectivity index (χ4n) is 1.31. The molecule has 94 valence electrons. The van der Waals surface area contributed by atoms with E-state index in [1.807, 2.05) is 12.1 Å². The first-order valence-corrected chi connectivity index (χ1v) is 6.04. The molecule has 2 rings (SSSR count). The molecule has 0 saturated heterocycles. The number of hydrogen-bond donors (Lipinski definition) is 1. The molecule has 0 saturated carbocycles. The van der Waals surface area contributed by atoms with Gasteiger partial charge in [-0.3, -0.25) is 4.98 Å². The lowest BCUT2D eigenvalue weighted by Crippen LogP contribution is -2.00. The second-order valence-electron chi connectivity index (χ2n) is 3.45. The largest absolute Gasteiger partial charge is 0.497 e. The van der Waals surface area contributed by atoms with Gasteiger partial charge in [0.2, 0.25) is 5.88 Å². The lowest BCUT2D eigenvalue weighted by molar-refractivity contribution is 0.411. The average molecular weight is 310 g/mol. The van der Waals surface area contributed by atoms with Crippen molar-refractivity contribution in [2.24, 2.45) is 5.73 Å². The molecule has 0 aliphatic carbocycles. The van der Waals surface area contributed by atoms with Gasteiger partial charge in [0.1, 0.15) is 11.5 Å². The maximum absolute atomic E-state index is 5.59. The summed E-state index contributed by atoms with van der Waals surface area (Å²) in [6.07, 6.45) is 3.13. The van der Waals surface area contributed by atoms with Gasteiger partial charge in [-0.2, -0.15) is 0 Å². The smallest absolute Gasteiger partial charge is 0.237 e. The SMILES string of the molecule is COc1ccc(Oc2cnc(CN)cn2)c(Br)c1. The van der Waals surface area contributed by atoms with Crippen LogP contribution < -0.4 is 15.2 Å². The van der Waals surface area contributed by atoms with Crippen molar-refractivity contribution in [3.63, 3.8) is 0 Å². The first kappa shape index (κ1) is 12.8. The Morgan fingerprint density at radius 1 is 1.28 bits per heavy atom. The van der Waals surface area contributed by atoms with Crippen molar-refractivity contribution in [2.45, 2.75) is 6.54 Å². The highest BCUT2D eigenvalue weighted by Gasteiger charge is 2.05. The number of methoxy groups -OCH3 is 1. The zero-order valence-electron chi connectivity index (χ0n) is 9.76. The van der Waals surface area contributed by atoms with Crippen molar-refractivity contribution in [2.75, 3.05) is 7.11 Å². The van der Waals surface area contributed by atoms with E-state index in [0.29, 0.717) is 18.2 Å². The first-order valence-electron chi connectivity index (χ1n) is 5.25. The van der Waals surface area contributed by atoms with Crippen molar-refractivity contribution in [3.8, 4) is 17.4 Å². The predicted octanol–water partition coefficient (Wildman–Crippen LogP) is 2.50. The summed E-state index contributed by atoms with van der Waals surface area (Å²) in [7, 11) is 1.61. The van der Waals surface area contributed by atoms with E-state index in [0.717, 1.165) is 15.9 Å². The summed E-state index contributed by atoms with van der Waals surface area (Å²) in [5.74, 6) is 1.81. The molecule has 1 aromatic carbocycles. The van der Waals surface area contributed by atoms with Crippen molar-refractivity contribution in [1.29, 1.82) is 0 Å². The number of hydrogen-bond acceptors (Lipinski definition) is 5. The van der Waals surface area contributed by atoms with E-state index in [4.69, 9.17) is 15.2 Å². The van der Waals surface area contributed by atoms with E-state index in [1.54, 1.807) is 25.6 Å². The molecular weight excluding hydrogens is 298 g/mol. The number of halogens is 1. The van der Waals surface area contributed by atoms with Crippen LogP contribution in [0.4, 0.5) is 0 Å². The number of nitrogens with two attached hydrogens (primary N) is 1. The Kier molecular flexibility index (Phi) is 4.11. The molecule has 0 bridgehead atoms. The van der Waals surface area contributed by atoms with Gasteiger partial charge in [0.25, 0.3) is 0 Å². The van der Waals surface area contributed by atoms with E-state index in [9.17, 15) is 0 Å². The summed E-state index contributed by atoms with van der Waals surface area (Å²) < 4.78 is 11.5. The molecule has 0 radical (unpaired) electrons. The molecule has 6 heteroatoms. The van der Waals surface area contributed by atoms with E-state index in [-0.39, 0.29) is 0 Å². The van der Waals surface area contributed by atoms with Gasteiger partial charge in [0.05, 0.1) is 29.7 Å². The molecule has 1 heterocycles. The number of nitrogens with zero attached hydrogens (tertiary/aromatic N) is 2. The third-order valence-electron chi connectivity index (χ3n) is 2.24. The Morgan fingerprint density at radius 2 is 2.11 bits per heavy atom. The molecule has 0 amide bonds. The fourth-order valence-corrected chi connectivity index (χ4v) is 1.74. The van der Waals surface area contributed by atoms with Crippen molar-refractivity contribution in [3.05, 3.63) is 40.8 Å². The van der Waals surface area contributed by atoms with Crippen LogP contribution in [0.5, 0.6) is 17.4 Å². The molecule has 18 heavy (non-hydrogen) atoms. The van der Waals surface area contributed by atoms with Crippen LogP contribution in [-0.4, -0.2) is 17.1 Å². The molecule has 5 nitrogen and oxygen atoms in total. The standard InChI is InChI=1S/C12H12BrN3O2/c1-17-9-2-3-11(10(13)4-9)18-12-7-15-8(5-14)6-16-12/h2-4,6-7H,5,14H2,1H3. The lowest BCUT2D eigenvalue weighted by Gasteiger charge is -2.08. The van der Waals surface area contributed by atoms with Crippen LogP contribution in [0.2, 0.25) is 0 Å². The number of ether oxygens (including phenoxy) is 2. The maximum atomic E-state index is 5.59. The van der Waals surface area contributed by atoms with Crippen LogP contribution in [0.3, 0.4) is 0 Å². The summed E-state index contributed by atoms with van der Waals surface area (Å²) in [4.78, 5) is 8.22. The Hall–Kier alpha value is -1.66. The summed E-state index contributed by atoms with van der Waals surface area (Å²) in [6, 6.07) is 5.42. The third kappa shape index (κ3) is 2.96. The third-order valence-corrected chi connectivity index (χ3v) is 2.86. The second-order valence-corrected chi connectivity index (χ2v) is 4.30. The number of benzene rings is 1. The van der Waals surface area contributed by atoms with E-state index < -0.39 is 0 Å². The molecule has 0 spiro atoms. The van der Waals surface area contributed by atoms with Gasteiger partial charge in [0, 0.05) is 6.54 Å². The predicted molar refractivity (Wildman–Crippen MR) is 70.7 cm³/mol. The van der Waals surface area contributed by atoms with E-state index in [2.05, 4.69) is 25.9 Å². The maximum Gasteiger partial charge on any atom is 0.237 e. The Labute approximate surface area is 113 Å². The zero-order chi connectivity index (χ0) is 13.0. The molecule has 2 aromatic rings. The topological polar surface area (TPSA) is 70.3 Å². The van der Waals surface area contributed by atoms with Crippen LogP contribution >= 0.6 is 15.9 Å². The van der Waals surface area contributed by atoms with Crippen LogP contribution in [0.25, 0.3) is 0 Å². The summed E-state index contributed by atoms with van der Waals surface area (Å²) in [5.41, 5.74) is 6.16. The van der Waals surface area contributed by atoms with Gasteiger partial charge < -0.3 is 15.2 Å². The number of rotatable bonds is 4. The van der Waals surface area contributed by atoms with Crippen LogP contribution in [-0.2, 0) is 6.54 Å². The Morgan fingerprint density at radius 3 is 2.67 bits per heavy atom. The van der Waals surface area contributed by atoms with Gasteiger partial charge in [-0.05, 0) is 34.1 Å². The van der Waals surface area contributed by atoms with Crippen LogP contribution in [0, 0.1) is 0 Å². The minimum atomic E-state index is 0.361. The van der Waals surface area contributed by atoms with Crippen molar-refractivity contribution >= 4 is 15.9 Å². The van der Waals surface area contributed by atoms with Gasteiger partial charge in [0.15, 0.2) is 0 Å². The summed E-state index contributed by atoms with van der Waals surface area (Å²) >= 11 is 3.40. The van der Waals surface area contributed by atoms with E-state index >= 15 is 0 Å². The molecule has 0 aliphatic rings. The highest BCUT2D eigenvalue weighted by atomic mass is 79.9. The van der Waals surface area contributed by atoms with E-state index in [1.165, 1.54) is 0 Å². The van der Waals surface area contributed by atoms with Gasteiger partial charge in [-0.25, -0.2) is 4.98 Å². The first-order chi connectivity index (χ1) is 8.72. The average Bonchev–Trinajstić information content (AvgIpc) is 2.42. The fraction of sp³-hybridized carbons (Fsp3) is 0.167. The Balaban J connectivity index is 2.17. The zero-order valence-corrected chi connectivity index (χ0v) is 11.3. The van der Waals surface area contributed by atoms with Gasteiger partial charge in [-0.1, -0.05) is 0 Å².